The molecule has 4 rings (SSSR count). The molecule has 0 aromatic heterocycles. The van der Waals surface area contributed by atoms with Gasteiger partial charge in [-0.05, 0) is 67.8 Å². The molecule has 0 heterocycles. The lowest BCUT2D eigenvalue weighted by Gasteiger charge is -2.34. The van der Waals surface area contributed by atoms with Gasteiger partial charge in [-0.3, -0.25) is 13.9 Å². The van der Waals surface area contributed by atoms with Crippen LogP contribution in [0, 0.1) is 13.8 Å². The Bertz CT molecular complexity index is 1720. The Hall–Kier alpha value is -3.85. The van der Waals surface area contributed by atoms with E-state index in [4.69, 9.17) is 23.2 Å². The molecule has 0 spiro atoms. The average molecular weight is 653 g/mol. The lowest BCUT2D eigenvalue weighted by Crippen LogP contribution is -2.53. The molecule has 0 bridgehead atoms. The van der Waals surface area contributed by atoms with Gasteiger partial charge in [0.2, 0.25) is 11.8 Å². The monoisotopic (exact) mass is 651 g/mol. The van der Waals surface area contributed by atoms with Crippen molar-refractivity contribution in [3.63, 3.8) is 0 Å². The van der Waals surface area contributed by atoms with Crippen molar-refractivity contribution in [3.05, 3.63) is 129 Å². The minimum atomic E-state index is -4.18. The first kappa shape index (κ1) is 33.1. The molecular weight excluding hydrogens is 617 g/mol. The summed E-state index contributed by atoms with van der Waals surface area (Å²) in [5.41, 5.74) is 3.42. The van der Waals surface area contributed by atoms with Crippen molar-refractivity contribution in [2.75, 3.05) is 17.4 Å². The first-order valence-electron chi connectivity index (χ1n) is 14.2. The predicted octanol–water partition coefficient (Wildman–Crippen LogP) is 6.58. The molecule has 0 aliphatic heterocycles. The SMILES string of the molecule is CCNC(=O)[C@@H](Cc1ccccc1)N(Cc1ccc(Cl)cc1Cl)C(=O)CN(c1ccc(C)cc1C)S(=O)(=O)c1ccccc1. The number of amides is 2. The van der Waals surface area contributed by atoms with E-state index in [9.17, 15) is 18.0 Å². The molecule has 0 aliphatic carbocycles. The third-order valence-corrected chi connectivity index (χ3v) is 9.57. The number of sulfonamides is 1. The second-order valence-electron chi connectivity index (χ2n) is 10.5. The van der Waals surface area contributed by atoms with Crippen LogP contribution in [0.5, 0.6) is 0 Å². The van der Waals surface area contributed by atoms with Crippen molar-refractivity contribution < 1.29 is 18.0 Å². The highest BCUT2D eigenvalue weighted by molar-refractivity contribution is 7.92. The summed E-state index contributed by atoms with van der Waals surface area (Å²) in [6.07, 6.45) is 0.207. The number of rotatable bonds is 12. The molecule has 1 N–H and O–H groups in total. The summed E-state index contributed by atoms with van der Waals surface area (Å²) in [4.78, 5) is 29.5. The summed E-state index contributed by atoms with van der Waals surface area (Å²) in [5, 5.41) is 3.60. The Morgan fingerprint density at radius 1 is 0.864 bits per heavy atom. The van der Waals surface area contributed by atoms with Crippen LogP contribution >= 0.6 is 23.2 Å². The highest BCUT2D eigenvalue weighted by atomic mass is 35.5. The number of likely N-dealkylation sites (N-methyl/N-ethyl adjacent to an activating group) is 1. The van der Waals surface area contributed by atoms with Crippen molar-refractivity contribution in [1.82, 2.24) is 10.2 Å². The van der Waals surface area contributed by atoms with Gasteiger partial charge in [-0.2, -0.15) is 0 Å². The minimum absolute atomic E-state index is 0.0460. The van der Waals surface area contributed by atoms with E-state index in [-0.39, 0.29) is 23.8 Å². The van der Waals surface area contributed by atoms with E-state index < -0.39 is 28.5 Å². The maximum atomic E-state index is 14.5. The number of aryl methyl sites for hydroxylation is 2. The number of halogens is 2. The van der Waals surface area contributed by atoms with Gasteiger partial charge in [0.1, 0.15) is 12.6 Å². The predicted molar refractivity (Wildman–Crippen MR) is 177 cm³/mol. The van der Waals surface area contributed by atoms with Gasteiger partial charge < -0.3 is 10.2 Å². The van der Waals surface area contributed by atoms with Crippen molar-refractivity contribution in [2.24, 2.45) is 0 Å². The third-order valence-electron chi connectivity index (χ3n) is 7.21. The molecular formula is C34H35Cl2N3O4S. The number of hydrogen-bond donors (Lipinski definition) is 1. The summed E-state index contributed by atoms with van der Waals surface area (Å²) in [7, 11) is -4.18. The molecule has 0 fully saturated rings. The summed E-state index contributed by atoms with van der Waals surface area (Å²) >= 11 is 12.7. The van der Waals surface area contributed by atoms with Crippen molar-refractivity contribution >= 4 is 50.7 Å². The molecule has 44 heavy (non-hydrogen) atoms. The Morgan fingerprint density at radius 3 is 2.14 bits per heavy atom. The second-order valence-corrected chi connectivity index (χ2v) is 13.2. The molecule has 0 unspecified atom stereocenters. The number of hydrogen-bond acceptors (Lipinski definition) is 4. The van der Waals surface area contributed by atoms with Gasteiger partial charge in [0.15, 0.2) is 0 Å². The zero-order valence-corrected chi connectivity index (χ0v) is 27.2. The average Bonchev–Trinajstić information content (AvgIpc) is 3.00. The summed E-state index contributed by atoms with van der Waals surface area (Å²) in [6, 6.07) is 26.7. The normalized spacial score (nSPS) is 11.9. The van der Waals surface area contributed by atoms with Crippen molar-refractivity contribution in [3.8, 4) is 0 Å². The largest absolute Gasteiger partial charge is 0.355 e. The van der Waals surface area contributed by atoms with Crippen LogP contribution in [-0.4, -0.2) is 44.3 Å². The topological polar surface area (TPSA) is 86.8 Å². The first-order valence-corrected chi connectivity index (χ1v) is 16.4. The van der Waals surface area contributed by atoms with E-state index in [1.807, 2.05) is 43.3 Å². The molecule has 2 amide bonds. The summed E-state index contributed by atoms with van der Waals surface area (Å²) < 4.78 is 29.3. The standard InChI is InChI=1S/C34H35Cl2N3O4S/c1-4-37-34(41)32(20-26-11-7-5-8-12-26)38(22-27-16-17-28(35)21-30(27)36)33(40)23-39(31-18-15-24(2)19-25(31)3)44(42,43)29-13-9-6-10-14-29/h5-19,21,32H,4,20,22-23H2,1-3H3,(H,37,41)/t32-/m1/s1. The maximum Gasteiger partial charge on any atom is 0.264 e. The number of anilines is 1. The Kier molecular flexibility index (Phi) is 11.1. The van der Waals surface area contributed by atoms with Gasteiger partial charge in [0, 0.05) is 29.6 Å². The van der Waals surface area contributed by atoms with E-state index in [1.54, 1.807) is 62.4 Å². The molecule has 4 aromatic carbocycles. The van der Waals surface area contributed by atoms with Crippen LogP contribution < -0.4 is 9.62 Å². The van der Waals surface area contributed by atoms with Crippen LogP contribution in [0.15, 0.2) is 102 Å². The van der Waals surface area contributed by atoms with Gasteiger partial charge in [-0.1, -0.05) is 95.5 Å². The van der Waals surface area contributed by atoms with Crippen LogP contribution in [0.1, 0.15) is 29.2 Å². The van der Waals surface area contributed by atoms with Gasteiger partial charge in [-0.25, -0.2) is 8.42 Å². The van der Waals surface area contributed by atoms with Crippen LogP contribution in [0.25, 0.3) is 0 Å². The lowest BCUT2D eigenvalue weighted by molar-refractivity contribution is -0.140. The maximum absolute atomic E-state index is 14.5. The van der Waals surface area contributed by atoms with E-state index in [1.165, 1.54) is 17.0 Å². The Morgan fingerprint density at radius 2 is 1.52 bits per heavy atom. The molecule has 0 saturated heterocycles. The number of nitrogens with one attached hydrogen (secondary N) is 1. The van der Waals surface area contributed by atoms with Gasteiger partial charge >= 0.3 is 0 Å². The molecule has 10 heteroatoms. The molecule has 0 saturated carbocycles. The lowest BCUT2D eigenvalue weighted by atomic mass is 10.0. The van der Waals surface area contributed by atoms with E-state index in [0.29, 0.717) is 33.4 Å². The highest BCUT2D eigenvalue weighted by Gasteiger charge is 2.35. The Balaban J connectivity index is 1.83. The second kappa shape index (κ2) is 14.8. The number of benzene rings is 4. The fourth-order valence-corrected chi connectivity index (χ4v) is 6.97. The molecule has 7 nitrogen and oxygen atoms in total. The van der Waals surface area contributed by atoms with Crippen LogP contribution in [0.3, 0.4) is 0 Å². The Labute approximate surface area is 269 Å². The van der Waals surface area contributed by atoms with Crippen LogP contribution in [-0.2, 0) is 32.6 Å². The summed E-state index contributed by atoms with van der Waals surface area (Å²) in [6.45, 7) is 5.28. The van der Waals surface area contributed by atoms with E-state index >= 15 is 0 Å². The van der Waals surface area contributed by atoms with E-state index in [2.05, 4.69) is 5.32 Å². The van der Waals surface area contributed by atoms with Crippen LogP contribution in [0.2, 0.25) is 10.0 Å². The van der Waals surface area contributed by atoms with Crippen molar-refractivity contribution in [2.45, 2.75) is 44.7 Å². The van der Waals surface area contributed by atoms with Gasteiger partial charge in [0.25, 0.3) is 10.0 Å². The molecule has 1 atom stereocenters. The first-order chi connectivity index (χ1) is 21.0. The van der Waals surface area contributed by atoms with Crippen molar-refractivity contribution in [1.29, 1.82) is 0 Å². The molecule has 0 radical (unpaired) electrons. The van der Waals surface area contributed by atoms with Gasteiger partial charge in [0.05, 0.1) is 10.6 Å². The molecule has 230 valence electrons. The smallest absolute Gasteiger partial charge is 0.264 e. The highest BCUT2D eigenvalue weighted by Crippen LogP contribution is 2.29. The zero-order chi connectivity index (χ0) is 31.9. The van der Waals surface area contributed by atoms with Gasteiger partial charge in [-0.15, -0.1) is 0 Å². The number of carbonyl (C=O) groups is 2. The number of nitrogens with zero attached hydrogens (tertiary/aromatic N) is 2. The fraction of sp³-hybridized carbons (Fsp3) is 0.235. The minimum Gasteiger partial charge on any atom is -0.355 e. The molecule has 0 aliphatic rings. The zero-order valence-electron chi connectivity index (χ0n) is 24.8. The quantitative estimate of drug-likeness (QED) is 0.187. The third kappa shape index (κ3) is 8.00. The van der Waals surface area contributed by atoms with E-state index in [0.717, 1.165) is 15.4 Å². The van der Waals surface area contributed by atoms with Crippen LogP contribution in [0.4, 0.5) is 5.69 Å². The molecule has 4 aromatic rings. The number of carbonyl (C=O) groups excluding carboxylic acids is 2. The summed E-state index contributed by atoms with van der Waals surface area (Å²) in [5.74, 6) is -0.929. The fourth-order valence-electron chi connectivity index (χ4n) is 5.00.